The average Bonchev–Trinajstić information content (AvgIpc) is 3.52. The quantitative estimate of drug-likeness (QED) is 0.456. The van der Waals surface area contributed by atoms with Crippen LogP contribution in [0.3, 0.4) is 0 Å². The molecule has 2 aliphatic carbocycles. The maximum atomic E-state index is 13.0. The molecule has 3 aliphatic rings. The second kappa shape index (κ2) is 8.92. The maximum absolute atomic E-state index is 13.0. The molecule has 4 atom stereocenters. The topological polar surface area (TPSA) is 92.8 Å². The van der Waals surface area contributed by atoms with E-state index < -0.39 is 30.2 Å². The number of hydrogen-bond acceptors (Lipinski definition) is 5. The fourth-order valence-electron chi connectivity index (χ4n) is 5.63. The Morgan fingerprint density at radius 3 is 2.33 bits per heavy atom. The zero-order chi connectivity index (χ0) is 25.8. The van der Waals surface area contributed by atoms with Gasteiger partial charge in [0.2, 0.25) is 11.8 Å². The van der Waals surface area contributed by atoms with Crippen LogP contribution in [0.5, 0.6) is 0 Å². The van der Waals surface area contributed by atoms with Crippen LogP contribution in [0, 0.1) is 23.7 Å². The van der Waals surface area contributed by atoms with Crippen molar-refractivity contribution in [1.29, 1.82) is 0 Å². The summed E-state index contributed by atoms with van der Waals surface area (Å²) >= 11 is 5.86. The number of hydrogen-bond donors (Lipinski definition) is 1. The van der Waals surface area contributed by atoms with Gasteiger partial charge in [-0.2, -0.15) is 13.2 Å². The van der Waals surface area contributed by atoms with Gasteiger partial charge >= 0.3 is 12.1 Å². The van der Waals surface area contributed by atoms with Gasteiger partial charge in [0, 0.05) is 0 Å². The highest BCUT2D eigenvalue weighted by Crippen LogP contribution is 2.56. The van der Waals surface area contributed by atoms with Gasteiger partial charge in [0.15, 0.2) is 6.61 Å². The predicted molar refractivity (Wildman–Crippen MR) is 122 cm³/mol. The van der Waals surface area contributed by atoms with Crippen LogP contribution >= 0.6 is 11.6 Å². The number of esters is 1. The largest absolute Gasteiger partial charge is 0.452 e. The van der Waals surface area contributed by atoms with E-state index in [4.69, 9.17) is 16.3 Å². The monoisotopic (exact) mass is 520 g/mol. The number of imide groups is 1. The number of halogens is 4. The Bertz CT molecular complexity index is 1250. The van der Waals surface area contributed by atoms with Crippen LogP contribution in [0.2, 0.25) is 5.02 Å². The van der Waals surface area contributed by atoms with Gasteiger partial charge in [-0.05, 0) is 67.5 Å². The van der Waals surface area contributed by atoms with Crippen molar-refractivity contribution in [1.82, 2.24) is 0 Å². The van der Waals surface area contributed by atoms with E-state index in [0.29, 0.717) is 6.07 Å². The molecule has 7 nitrogen and oxygen atoms in total. The SMILES string of the molecule is O=C(COC(=O)c1cccc(N2C(=O)[C@@H]3[C@H]4CC[C@@H](C4)[C@@H]3C2=O)c1)Nc1cc(C(F)(F)F)ccc1Cl. The fourth-order valence-corrected chi connectivity index (χ4v) is 5.80. The summed E-state index contributed by atoms with van der Waals surface area (Å²) in [4.78, 5) is 51.9. The van der Waals surface area contributed by atoms with Crippen LogP contribution in [0.15, 0.2) is 42.5 Å². The van der Waals surface area contributed by atoms with Crippen molar-refractivity contribution < 1.29 is 37.1 Å². The molecule has 36 heavy (non-hydrogen) atoms. The molecule has 1 heterocycles. The minimum absolute atomic E-state index is 0.0121. The van der Waals surface area contributed by atoms with Gasteiger partial charge in [-0.1, -0.05) is 17.7 Å². The molecule has 1 N–H and O–H groups in total. The summed E-state index contributed by atoms with van der Waals surface area (Å²) in [6.07, 6.45) is -1.84. The molecule has 0 spiro atoms. The van der Waals surface area contributed by atoms with Crippen LogP contribution in [-0.4, -0.2) is 30.3 Å². The Morgan fingerprint density at radius 1 is 1.03 bits per heavy atom. The van der Waals surface area contributed by atoms with E-state index in [0.717, 1.165) is 36.3 Å². The second-order valence-corrected chi connectivity index (χ2v) is 9.67. The molecule has 11 heteroatoms. The van der Waals surface area contributed by atoms with Crippen LogP contribution < -0.4 is 10.2 Å². The van der Waals surface area contributed by atoms with Gasteiger partial charge in [0.05, 0.1) is 39.4 Å². The standard InChI is InChI=1S/C25H20ClF3N2O5/c26-17-7-6-15(25(27,28)29)10-18(17)30-19(32)11-36-24(35)14-2-1-3-16(9-14)31-22(33)20-12-4-5-13(8-12)21(20)23(31)34/h1-3,6-7,9-10,12-13,20-21H,4-5,8,11H2,(H,30,32)/t12-,13-,20-,21+/m0/s1. The number of nitrogens with one attached hydrogen (secondary N) is 1. The van der Waals surface area contributed by atoms with Crippen LogP contribution in [0.25, 0.3) is 0 Å². The van der Waals surface area contributed by atoms with Crippen molar-refractivity contribution in [3.05, 3.63) is 58.6 Å². The molecule has 2 saturated carbocycles. The molecule has 0 radical (unpaired) electrons. The third kappa shape index (κ3) is 4.23. The molecule has 0 aromatic heterocycles. The summed E-state index contributed by atoms with van der Waals surface area (Å²) in [5.74, 6) is -2.47. The lowest BCUT2D eigenvalue weighted by Gasteiger charge is -2.19. The first kappa shape index (κ1) is 24.3. The highest BCUT2D eigenvalue weighted by Gasteiger charge is 2.61. The van der Waals surface area contributed by atoms with Crippen molar-refractivity contribution in [3.8, 4) is 0 Å². The first-order valence-electron chi connectivity index (χ1n) is 11.4. The third-order valence-corrected chi connectivity index (χ3v) is 7.50. The molecule has 3 amide bonds. The number of carbonyl (C=O) groups is 4. The van der Waals surface area contributed by atoms with Crippen molar-refractivity contribution >= 4 is 46.7 Å². The maximum Gasteiger partial charge on any atom is 0.416 e. The number of benzene rings is 2. The Kier molecular flexibility index (Phi) is 6.02. The highest BCUT2D eigenvalue weighted by atomic mass is 35.5. The molecule has 1 saturated heterocycles. The molecule has 2 aromatic carbocycles. The lowest BCUT2D eigenvalue weighted by atomic mass is 9.81. The molecule has 188 valence electrons. The van der Waals surface area contributed by atoms with Gasteiger partial charge in [0.1, 0.15) is 0 Å². The first-order valence-corrected chi connectivity index (χ1v) is 11.7. The Morgan fingerprint density at radius 2 is 1.69 bits per heavy atom. The van der Waals surface area contributed by atoms with E-state index in [-0.39, 0.29) is 57.4 Å². The molecule has 0 unspecified atom stereocenters. The lowest BCUT2D eigenvalue weighted by molar-refractivity contribution is -0.137. The number of fused-ring (bicyclic) bond motifs is 5. The summed E-state index contributed by atoms with van der Waals surface area (Å²) in [6, 6.07) is 8.26. The van der Waals surface area contributed by atoms with E-state index in [1.165, 1.54) is 18.2 Å². The normalized spacial score (nSPS) is 24.7. The van der Waals surface area contributed by atoms with E-state index in [1.54, 1.807) is 6.07 Å². The predicted octanol–water partition coefficient (Wildman–Crippen LogP) is 4.69. The molecule has 2 aromatic rings. The first-order chi connectivity index (χ1) is 17.0. The summed E-state index contributed by atoms with van der Waals surface area (Å²) in [6.45, 7) is -0.787. The Labute approximate surface area is 208 Å². The summed E-state index contributed by atoms with van der Waals surface area (Å²) < 4.78 is 43.7. The zero-order valence-corrected chi connectivity index (χ0v) is 19.4. The third-order valence-electron chi connectivity index (χ3n) is 7.17. The smallest absolute Gasteiger partial charge is 0.416 e. The van der Waals surface area contributed by atoms with Crippen LogP contribution in [0.4, 0.5) is 24.5 Å². The number of alkyl halides is 3. The molecular weight excluding hydrogens is 501 g/mol. The summed E-state index contributed by atoms with van der Waals surface area (Å²) in [5, 5.41) is 2.07. The number of ether oxygens (including phenoxy) is 1. The van der Waals surface area contributed by atoms with Crippen LogP contribution in [-0.2, 0) is 25.3 Å². The molecule has 1 aliphatic heterocycles. The van der Waals surface area contributed by atoms with Gasteiger partial charge in [0.25, 0.3) is 5.91 Å². The van der Waals surface area contributed by atoms with Crippen molar-refractivity contribution in [2.24, 2.45) is 23.7 Å². The highest BCUT2D eigenvalue weighted by molar-refractivity contribution is 6.33. The van der Waals surface area contributed by atoms with Gasteiger partial charge in [-0.25, -0.2) is 4.79 Å². The lowest BCUT2D eigenvalue weighted by Crippen LogP contribution is -2.32. The minimum Gasteiger partial charge on any atom is -0.452 e. The minimum atomic E-state index is -4.63. The second-order valence-electron chi connectivity index (χ2n) is 9.26. The summed E-state index contributed by atoms with van der Waals surface area (Å²) in [7, 11) is 0. The fraction of sp³-hybridized carbons (Fsp3) is 0.360. The number of carbonyl (C=O) groups excluding carboxylic acids is 4. The summed E-state index contributed by atoms with van der Waals surface area (Å²) in [5.41, 5.74) is -1.01. The van der Waals surface area contributed by atoms with E-state index in [9.17, 15) is 32.3 Å². The van der Waals surface area contributed by atoms with Crippen molar-refractivity contribution in [2.45, 2.75) is 25.4 Å². The average molecular weight is 521 g/mol. The van der Waals surface area contributed by atoms with Crippen molar-refractivity contribution in [3.63, 3.8) is 0 Å². The van der Waals surface area contributed by atoms with Gasteiger partial charge in [-0.3, -0.25) is 19.3 Å². The van der Waals surface area contributed by atoms with Crippen molar-refractivity contribution in [2.75, 3.05) is 16.8 Å². The molecule has 3 fully saturated rings. The zero-order valence-electron chi connectivity index (χ0n) is 18.7. The van der Waals surface area contributed by atoms with E-state index >= 15 is 0 Å². The number of amides is 3. The van der Waals surface area contributed by atoms with Gasteiger partial charge < -0.3 is 10.1 Å². The number of rotatable bonds is 5. The molecule has 5 rings (SSSR count). The van der Waals surface area contributed by atoms with E-state index in [2.05, 4.69) is 5.32 Å². The van der Waals surface area contributed by atoms with E-state index in [1.807, 2.05) is 0 Å². The number of anilines is 2. The number of nitrogens with zero attached hydrogens (tertiary/aromatic N) is 1. The molecular formula is C25H20ClF3N2O5. The van der Waals surface area contributed by atoms with Crippen LogP contribution in [0.1, 0.15) is 35.2 Å². The Balaban J connectivity index is 1.24. The molecule has 2 bridgehead atoms. The Hall–Kier alpha value is -3.40. The van der Waals surface area contributed by atoms with Gasteiger partial charge in [-0.15, -0.1) is 0 Å².